The first-order valence-electron chi connectivity index (χ1n) is 7.85. The van der Waals surface area contributed by atoms with Crippen LogP contribution in [0.5, 0.6) is 0 Å². The molecule has 1 aromatic heterocycles. The second-order valence-corrected chi connectivity index (χ2v) is 6.54. The molecule has 132 valence electrons. The van der Waals surface area contributed by atoms with Gasteiger partial charge in [0.15, 0.2) is 0 Å². The van der Waals surface area contributed by atoms with Crippen LogP contribution >= 0.6 is 11.3 Å². The van der Waals surface area contributed by atoms with E-state index in [4.69, 9.17) is 9.84 Å². The third-order valence-corrected chi connectivity index (χ3v) is 4.76. The summed E-state index contributed by atoms with van der Waals surface area (Å²) < 4.78 is 5.26. The predicted molar refractivity (Wildman–Crippen MR) is 89.1 cm³/mol. The lowest BCUT2D eigenvalue weighted by molar-refractivity contribution is -0.139. The van der Waals surface area contributed by atoms with Crippen molar-refractivity contribution in [3.63, 3.8) is 0 Å². The molecule has 7 nitrogen and oxygen atoms in total. The number of nitrogens with one attached hydrogen (secondary N) is 1. The Morgan fingerprint density at radius 1 is 1.46 bits per heavy atom. The van der Waals surface area contributed by atoms with Gasteiger partial charge in [0.2, 0.25) is 5.91 Å². The van der Waals surface area contributed by atoms with E-state index in [2.05, 4.69) is 5.32 Å². The summed E-state index contributed by atoms with van der Waals surface area (Å²) in [4.78, 5) is 36.7. The minimum atomic E-state index is -0.919. The zero-order chi connectivity index (χ0) is 17.5. The Hall–Kier alpha value is -1.93. The molecule has 0 aromatic carbocycles. The smallest absolute Gasteiger partial charge is 0.305 e. The molecule has 0 radical (unpaired) electrons. The number of hydrogen-bond donors (Lipinski definition) is 2. The third kappa shape index (κ3) is 5.04. The summed E-state index contributed by atoms with van der Waals surface area (Å²) in [7, 11) is 1.57. The number of carbonyl (C=O) groups excluding carboxylic acids is 2. The van der Waals surface area contributed by atoms with Crippen LogP contribution in [0.15, 0.2) is 16.8 Å². The van der Waals surface area contributed by atoms with Gasteiger partial charge in [-0.05, 0) is 24.3 Å². The molecule has 1 saturated heterocycles. The van der Waals surface area contributed by atoms with Crippen molar-refractivity contribution in [3.8, 4) is 0 Å². The average Bonchev–Trinajstić information content (AvgIpc) is 3.20. The van der Waals surface area contributed by atoms with E-state index < -0.39 is 5.97 Å². The zero-order valence-electron chi connectivity index (χ0n) is 13.6. The fourth-order valence-electron chi connectivity index (χ4n) is 2.83. The van der Waals surface area contributed by atoms with Crippen molar-refractivity contribution in [3.05, 3.63) is 22.4 Å². The molecule has 2 N–H and O–H groups in total. The van der Waals surface area contributed by atoms with Gasteiger partial charge in [-0.3, -0.25) is 14.4 Å². The maximum Gasteiger partial charge on any atom is 0.305 e. The van der Waals surface area contributed by atoms with Crippen LogP contribution in [0.2, 0.25) is 0 Å². The summed E-state index contributed by atoms with van der Waals surface area (Å²) in [5.41, 5.74) is 0.621. The molecule has 2 heterocycles. The van der Waals surface area contributed by atoms with E-state index in [9.17, 15) is 14.4 Å². The van der Waals surface area contributed by atoms with Gasteiger partial charge in [-0.1, -0.05) is 0 Å². The van der Waals surface area contributed by atoms with Gasteiger partial charge in [-0.15, -0.1) is 0 Å². The van der Waals surface area contributed by atoms with Gasteiger partial charge in [-0.25, -0.2) is 0 Å². The Bertz CT molecular complexity index is 575. The third-order valence-electron chi connectivity index (χ3n) is 4.08. The standard InChI is InChI=1S/C16H22N2O5S/c1-23-13-7-12(8-15(20)21)18(9-13)14(19)3-2-5-17-16(22)11-4-6-24-10-11/h4,6,10,12-13H,2-3,5,7-9H2,1H3,(H,17,22)(H,20,21). The van der Waals surface area contributed by atoms with Crippen molar-refractivity contribution >= 4 is 29.1 Å². The van der Waals surface area contributed by atoms with E-state index in [0.29, 0.717) is 31.5 Å². The Morgan fingerprint density at radius 3 is 2.88 bits per heavy atom. The summed E-state index contributed by atoms with van der Waals surface area (Å²) in [5.74, 6) is -1.16. The van der Waals surface area contributed by atoms with Gasteiger partial charge in [0.25, 0.3) is 5.91 Å². The van der Waals surface area contributed by atoms with E-state index in [1.54, 1.807) is 23.5 Å². The van der Waals surface area contributed by atoms with Crippen LogP contribution in [0, 0.1) is 0 Å². The first-order chi connectivity index (χ1) is 11.5. The molecule has 1 fully saturated rings. The van der Waals surface area contributed by atoms with E-state index in [1.165, 1.54) is 11.3 Å². The number of thiophene rings is 1. The number of aliphatic carboxylic acids is 1. The number of nitrogens with zero attached hydrogens (tertiary/aromatic N) is 1. The second-order valence-electron chi connectivity index (χ2n) is 5.76. The van der Waals surface area contributed by atoms with Crippen LogP contribution in [-0.4, -0.2) is 60.1 Å². The Balaban J connectivity index is 1.76. The fraction of sp³-hybridized carbons (Fsp3) is 0.562. The molecule has 0 saturated carbocycles. The van der Waals surface area contributed by atoms with E-state index >= 15 is 0 Å². The molecule has 0 spiro atoms. The van der Waals surface area contributed by atoms with Crippen LogP contribution < -0.4 is 5.32 Å². The highest BCUT2D eigenvalue weighted by Gasteiger charge is 2.36. The van der Waals surface area contributed by atoms with Crippen molar-refractivity contribution in [1.82, 2.24) is 10.2 Å². The van der Waals surface area contributed by atoms with Crippen LogP contribution in [0.1, 0.15) is 36.0 Å². The number of rotatable bonds is 8. The van der Waals surface area contributed by atoms with Gasteiger partial charge in [0, 0.05) is 43.6 Å². The van der Waals surface area contributed by atoms with Gasteiger partial charge in [0.05, 0.1) is 12.5 Å². The molecule has 2 unspecified atom stereocenters. The normalized spacial score (nSPS) is 20.1. The number of likely N-dealkylation sites (tertiary alicyclic amines) is 1. The summed E-state index contributed by atoms with van der Waals surface area (Å²) in [6, 6.07) is 1.43. The number of amides is 2. The minimum Gasteiger partial charge on any atom is -0.481 e. The summed E-state index contributed by atoms with van der Waals surface area (Å²) in [5, 5.41) is 15.3. The van der Waals surface area contributed by atoms with Crippen LogP contribution in [-0.2, 0) is 14.3 Å². The lowest BCUT2D eigenvalue weighted by Crippen LogP contribution is -2.37. The molecule has 1 aliphatic heterocycles. The van der Waals surface area contributed by atoms with Gasteiger partial charge >= 0.3 is 5.97 Å². The van der Waals surface area contributed by atoms with Crippen LogP contribution in [0.3, 0.4) is 0 Å². The predicted octanol–water partition coefficient (Wildman–Crippen LogP) is 1.35. The Labute approximate surface area is 144 Å². The van der Waals surface area contributed by atoms with Crippen LogP contribution in [0.4, 0.5) is 0 Å². The summed E-state index contributed by atoms with van der Waals surface area (Å²) in [6.07, 6.45) is 1.15. The molecule has 2 atom stereocenters. The van der Waals surface area contributed by atoms with Crippen molar-refractivity contribution in [1.29, 1.82) is 0 Å². The Morgan fingerprint density at radius 2 is 2.25 bits per heavy atom. The fourth-order valence-corrected chi connectivity index (χ4v) is 3.46. The van der Waals surface area contributed by atoms with Gasteiger partial charge in [-0.2, -0.15) is 11.3 Å². The molecule has 2 rings (SSSR count). The lowest BCUT2D eigenvalue weighted by Gasteiger charge is -2.23. The van der Waals surface area contributed by atoms with Crippen molar-refractivity contribution in [2.45, 2.75) is 37.8 Å². The molecule has 8 heteroatoms. The zero-order valence-corrected chi connectivity index (χ0v) is 14.4. The largest absolute Gasteiger partial charge is 0.481 e. The highest BCUT2D eigenvalue weighted by atomic mass is 32.1. The average molecular weight is 354 g/mol. The van der Waals surface area contributed by atoms with Crippen LogP contribution in [0.25, 0.3) is 0 Å². The molecule has 1 aliphatic rings. The monoisotopic (exact) mass is 354 g/mol. The first-order valence-corrected chi connectivity index (χ1v) is 8.80. The number of carbonyl (C=O) groups is 3. The highest BCUT2D eigenvalue weighted by Crippen LogP contribution is 2.23. The maximum atomic E-state index is 12.3. The molecular formula is C16H22N2O5S. The first kappa shape index (κ1) is 18.4. The lowest BCUT2D eigenvalue weighted by atomic mass is 10.1. The molecule has 0 bridgehead atoms. The Kier molecular flexibility index (Phi) is 6.74. The van der Waals surface area contributed by atoms with E-state index in [-0.39, 0.29) is 36.8 Å². The van der Waals surface area contributed by atoms with Gasteiger partial charge < -0.3 is 20.1 Å². The number of ether oxygens (including phenoxy) is 1. The van der Waals surface area contributed by atoms with Crippen molar-refractivity contribution in [2.24, 2.45) is 0 Å². The van der Waals surface area contributed by atoms with Gasteiger partial charge in [0.1, 0.15) is 0 Å². The topological polar surface area (TPSA) is 95.9 Å². The molecule has 1 aromatic rings. The summed E-state index contributed by atoms with van der Waals surface area (Å²) in [6.45, 7) is 0.833. The van der Waals surface area contributed by atoms with E-state index in [0.717, 1.165) is 0 Å². The number of hydrogen-bond acceptors (Lipinski definition) is 5. The quantitative estimate of drug-likeness (QED) is 0.687. The number of carboxylic acids is 1. The molecule has 2 amide bonds. The SMILES string of the molecule is COC1CC(CC(=O)O)N(C(=O)CCCNC(=O)c2ccsc2)C1. The minimum absolute atomic E-state index is 0.0690. The summed E-state index contributed by atoms with van der Waals surface area (Å²) >= 11 is 1.45. The molecule has 24 heavy (non-hydrogen) atoms. The second kappa shape index (κ2) is 8.79. The van der Waals surface area contributed by atoms with Crippen molar-refractivity contribution in [2.75, 3.05) is 20.2 Å². The number of methoxy groups -OCH3 is 1. The maximum absolute atomic E-state index is 12.3. The number of carboxylic acid groups (broad SMARTS) is 1. The highest BCUT2D eigenvalue weighted by molar-refractivity contribution is 7.08. The molecular weight excluding hydrogens is 332 g/mol. The van der Waals surface area contributed by atoms with Crippen molar-refractivity contribution < 1.29 is 24.2 Å². The van der Waals surface area contributed by atoms with E-state index in [1.807, 2.05) is 5.38 Å². The molecule has 0 aliphatic carbocycles.